The predicted octanol–water partition coefficient (Wildman–Crippen LogP) is 1.94. The fourth-order valence-electron chi connectivity index (χ4n) is 2.59. The molecule has 1 aliphatic heterocycles. The van der Waals surface area contributed by atoms with E-state index < -0.39 is 10.0 Å². The molecule has 1 fully saturated rings. The molecule has 2 N–H and O–H groups in total. The topological polar surface area (TPSA) is 63.4 Å². The zero-order valence-electron chi connectivity index (χ0n) is 10.8. The summed E-state index contributed by atoms with van der Waals surface area (Å²) in [7, 11) is -3.37. The van der Waals surface area contributed by atoms with Crippen LogP contribution in [0.25, 0.3) is 0 Å². The summed E-state index contributed by atoms with van der Waals surface area (Å²) in [5, 5.41) is 0. The van der Waals surface area contributed by atoms with E-state index in [2.05, 4.69) is 13.8 Å². The van der Waals surface area contributed by atoms with E-state index in [-0.39, 0.29) is 0 Å². The molecule has 0 aromatic heterocycles. The summed E-state index contributed by atoms with van der Waals surface area (Å²) in [5.41, 5.74) is 6.16. The third-order valence-electron chi connectivity index (χ3n) is 3.35. The van der Waals surface area contributed by atoms with E-state index in [1.54, 1.807) is 28.6 Å². The molecule has 1 heterocycles. The van der Waals surface area contributed by atoms with Crippen LogP contribution in [0, 0.1) is 11.8 Å². The summed E-state index contributed by atoms with van der Waals surface area (Å²) < 4.78 is 26.5. The zero-order chi connectivity index (χ0) is 13.3. The molecule has 0 bridgehead atoms. The van der Waals surface area contributed by atoms with E-state index >= 15 is 0 Å². The lowest BCUT2D eigenvalue weighted by Gasteiger charge is -2.34. The number of piperidine rings is 1. The molecule has 4 nitrogen and oxygen atoms in total. The van der Waals surface area contributed by atoms with Crippen molar-refractivity contribution < 1.29 is 8.42 Å². The summed E-state index contributed by atoms with van der Waals surface area (Å²) in [6.07, 6.45) is 1.09. The Balaban J connectivity index is 2.28. The van der Waals surface area contributed by atoms with Crippen molar-refractivity contribution in [2.24, 2.45) is 11.8 Å². The fourth-order valence-corrected chi connectivity index (χ4v) is 4.27. The van der Waals surface area contributed by atoms with Crippen LogP contribution in [-0.2, 0) is 10.0 Å². The normalized spacial score (nSPS) is 26.1. The molecule has 18 heavy (non-hydrogen) atoms. The molecule has 2 rings (SSSR count). The third kappa shape index (κ3) is 2.67. The maximum atomic E-state index is 12.5. The number of benzene rings is 1. The number of nitrogens with two attached hydrogens (primary N) is 1. The van der Waals surface area contributed by atoms with Gasteiger partial charge in [-0.3, -0.25) is 0 Å². The van der Waals surface area contributed by atoms with Gasteiger partial charge >= 0.3 is 0 Å². The molecule has 1 aromatic rings. The molecule has 0 aliphatic carbocycles. The number of sulfonamides is 1. The van der Waals surface area contributed by atoms with Gasteiger partial charge < -0.3 is 5.73 Å². The van der Waals surface area contributed by atoms with Crippen LogP contribution in [-0.4, -0.2) is 25.8 Å². The van der Waals surface area contributed by atoms with Crippen LogP contribution in [0.15, 0.2) is 29.2 Å². The SMILES string of the molecule is C[C@@H]1C[C@@H](C)CN(S(=O)(=O)c2ccc(N)cc2)C1. The highest BCUT2D eigenvalue weighted by molar-refractivity contribution is 7.89. The quantitative estimate of drug-likeness (QED) is 0.834. The highest BCUT2D eigenvalue weighted by Crippen LogP contribution is 2.26. The second-order valence-electron chi connectivity index (χ2n) is 5.34. The number of rotatable bonds is 2. The Morgan fingerprint density at radius 3 is 2.11 bits per heavy atom. The lowest BCUT2D eigenvalue weighted by molar-refractivity contribution is 0.222. The Morgan fingerprint density at radius 1 is 1.11 bits per heavy atom. The van der Waals surface area contributed by atoms with Crippen molar-refractivity contribution in [3.63, 3.8) is 0 Å². The highest BCUT2D eigenvalue weighted by Gasteiger charge is 2.31. The van der Waals surface area contributed by atoms with Crippen molar-refractivity contribution in [3.8, 4) is 0 Å². The Labute approximate surface area is 109 Å². The van der Waals surface area contributed by atoms with Crippen molar-refractivity contribution in [1.82, 2.24) is 4.31 Å². The van der Waals surface area contributed by atoms with Gasteiger partial charge in [0, 0.05) is 18.8 Å². The smallest absolute Gasteiger partial charge is 0.243 e. The van der Waals surface area contributed by atoms with Crippen LogP contribution in [0.5, 0.6) is 0 Å². The Morgan fingerprint density at radius 2 is 1.61 bits per heavy atom. The summed E-state index contributed by atoms with van der Waals surface area (Å²) >= 11 is 0. The van der Waals surface area contributed by atoms with Crippen LogP contribution >= 0.6 is 0 Å². The molecule has 1 aromatic carbocycles. The van der Waals surface area contributed by atoms with Gasteiger partial charge in [0.05, 0.1) is 4.90 Å². The van der Waals surface area contributed by atoms with Crippen LogP contribution in [0.4, 0.5) is 5.69 Å². The zero-order valence-corrected chi connectivity index (χ0v) is 11.7. The van der Waals surface area contributed by atoms with Crippen molar-refractivity contribution in [1.29, 1.82) is 0 Å². The van der Waals surface area contributed by atoms with Gasteiger partial charge in [-0.1, -0.05) is 13.8 Å². The van der Waals surface area contributed by atoms with Crippen LogP contribution < -0.4 is 5.73 Å². The second kappa shape index (κ2) is 4.90. The number of hydrogen-bond acceptors (Lipinski definition) is 3. The van der Waals surface area contributed by atoms with Crippen LogP contribution in [0.3, 0.4) is 0 Å². The largest absolute Gasteiger partial charge is 0.399 e. The van der Waals surface area contributed by atoms with Gasteiger partial charge in [-0.15, -0.1) is 0 Å². The molecule has 1 aliphatic rings. The maximum absolute atomic E-state index is 12.5. The average molecular weight is 268 g/mol. The first kappa shape index (κ1) is 13.4. The van der Waals surface area contributed by atoms with Gasteiger partial charge in [0.2, 0.25) is 10.0 Å². The molecule has 1 saturated heterocycles. The number of anilines is 1. The van der Waals surface area contributed by atoms with Crippen molar-refractivity contribution in [3.05, 3.63) is 24.3 Å². The first-order valence-electron chi connectivity index (χ1n) is 6.25. The summed E-state index contributed by atoms with van der Waals surface area (Å²) in [6, 6.07) is 6.41. The molecule has 0 radical (unpaired) electrons. The van der Waals surface area contributed by atoms with Gasteiger partial charge in [0.25, 0.3) is 0 Å². The minimum absolute atomic E-state index is 0.331. The first-order chi connectivity index (χ1) is 8.39. The monoisotopic (exact) mass is 268 g/mol. The summed E-state index contributed by atoms with van der Waals surface area (Å²) in [4.78, 5) is 0.331. The molecule has 2 atom stereocenters. The molecule has 100 valence electrons. The van der Waals surface area contributed by atoms with E-state index in [1.165, 1.54) is 0 Å². The summed E-state index contributed by atoms with van der Waals surface area (Å²) in [6.45, 7) is 5.41. The minimum Gasteiger partial charge on any atom is -0.399 e. The van der Waals surface area contributed by atoms with Crippen LogP contribution in [0.2, 0.25) is 0 Å². The Kier molecular flexibility index (Phi) is 3.64. The molecule has 0 amide bonds. The Hall–Kier alpha value is -1.07. The van der Waals surface area contributed by atoms with E-state index in [0.29, 0.717) is 35.5 Å². The van der Waals surface area contributed by atoms with Gasteiger partial charge in [-0.25, -0.2) is 8.42 Å². The second-order valence-corrected chi connectivity index (χ2v) is 7.28. The molecule has 0 spiro atoms. The van der Waals surface area contributed by atoms with E-state index in [9.17, 15) is 8.42 Å². The molecular weight excluding hydrogens is 248 g/mol. The molecule has 0 unspecified atom stereocenters. The highest BCUT2D eigenvalue weighted by atomic mass is 32.2. The number of hydrogen-bond donors (Lipinski definition) is 1. The first-order valence-corrected chi connectivity index (χ1v) is 7.69. The van der Waals surface area contributed by atoms with Crippen LogP contribution in [0.1, 0.15) is 20.3 Å². The number of nitrogen functional groups attached to an aromatic ring is 1. The minimum atomic E-state index is -3.37. The van der Waals surface area contributed by atoms with E-state index in [4.69, 9.17) is 5.73 Å². The van der Waals surface area contributed by atoms with Crippen molar-refractivity contribution in [2.45, 2.75) is 25.2 Å². The third-order valence-corrected chi connectivity index (χ3v) is 5.20. The maximum Gasteiger partial charge on any atom is 0.243 e. The fraction of sp³-hybridized carbons (Fsp3) is 0.538. The predicted molar refractivity (Wildman–Crippen MR) is 72.6 cm³/mol. The van der Waals surface area contributed by atoms with Gasteiger partial charge in [0.1, 0.15) is 0 Å². The summed E-state index contributed by atoms with van der Waals surface area (Å²) in [5.74, 6) is 0.828. The van der Waals surface area contributed by atoms with E-state index in [1.807, 2.05) is 0 Å². The van der Waals surface area contributed by atoms with Gasteiger partial charge in [-0.2, -0.15) is 4.31 Å². The molecular formula is C13H20N2O2S. The average Bonchev–Trinajstić information content (AvgIpc) is 2.28. The van der Waals surface area contributed by atoms with Crippen molar-refractivity contribution >= 4 is 15.7 Å². The Bertz CT molecular complexity index is 500. The number of nitrogens with zero attached hydrogens (tertiary/aromatic N) is 1. The molecule has 0 saturated carbocycles. The lowest BCUT2D eigenvalue weighted by atomic mass is 9.94. The van der Waals surface area contributed by atoms with Gasteiger partial charge in [0.15, 0.2) is 0 Å². The standard InChI is InChI=1S/C13H20N2O2S/c1-10-7-11(2)9-15(8-10)18(16,17)13-5-3-12(14)4-6-13/h3-6,10-11H,7-9,14H2,1-2H3/t10-,11-/m1/s1. The van der Waals surface area contributed by atoms with E-state index in [0.717, 1.165) is 6.42 Å². The van der Waals surface area contributed by atoms with Crippen molar-refractivity contribution in [2.75, 3.05) is 18.8 Å². The molecule has 5 heteroatoms. The lowest BCUT2D eigenvalue weighted by Crippen LogP contribution is -2.42. The van der Waals surface area contributed by atoms with Gasteiger partial charge in [-0.05, 0) is 42.5 Å².